The second-order valence-electron chi connectivity index (χ2n) is 2.93. The summed E-state index contributed by atoms with van der Waals surface area (Å²) in [5.74, 6) is -3.39. The van der Waals surface area contributed by atoms with Crippen LogP contribution in [0.1, 0.15) is 25.6 Å². The zero-order valence-electron chi connectivity index (χ0n) is 9.40. The van der Waals surface area contributed by atoms with E-state index in [2.05, 4.69) is 24.7 Å². The Hall–Kier alpha value is -1.99. The Kier molecular flexibility index (Phi) is 4.56. The lowest BCUT2D eigenvalue weighted by Gasteiger charge is -2.11. The van der Waals surface area contributed by atoms with Gasteiger partial charge in [-0.2, -0.15) is 9.37 Å². The maximum absolute atomic E-state index is 12.6. The third-order valence-electron chi connectivity index (χ3n) is 1.79. The van der Waals surface area contributed by atoms with Crippen LogP contribution in [0.5, 0.6) is 0 Å². The lowest BCUT2D eigenvalue weighted by Crippen LogP contribution is -2.27. The minimum Gasteiger partial charge on any atom is -0.465 e. The summed E-state index contributed by atoms with van der Waals surface area (Å²) in [4.78, 5) is 26.4. The molecule has 0 spiro atoms. The molecule has 0 bridgehead atoms. The van der Waals surface area contributed by atoms with Gasteiger partial charge in [-0.3, -0.25) is 14.7 Å². The molecular formula is C9H12FN3O4. The number of nitrogens with one attached hydrogen (secondary N) is 1. The Morgan fingerprint density at radius 3 is 2.18 bits per heavy atom. The van der Waals surface area contributed by atoms with Crippen molar-refractivity contribution in [3.8, 4) is 0 Å². The van der Waals surface area contributed by atoms with Crippen molar-refractivity contribution in [3.05, 3.63) is 11.9 Å². The molecule has 0 aliphatic heterocycles. The summed E-state index contributed by atoms with van der Waals surface area (Å²) in [6.45, 7) is 3.35. The van der Waals surface area contributed by atoms with Crippen molar-refractivity contribution in [1.82, 2.24) is 15.2 Å². The molecule has 0 saturated heterocycles. The number of halogens is 1. The Morgan fingerprint density at radius 2 is 1.82 bits per heavy atom. The lowest BCUT2D eigenvalue weighted by atomic mass is 10.1. The Balaban J connectivity index is 2.93. The van der Waals surface area contributed by atoms with Crippen LogP contribution in [0.3, 0.4) is 0 Å². The number of esters is 2. The lowest BCUT2D eigenvalue weighted by molar-refractivity contribution is -0.157. The van der Waals surface area contributed by atoms with Crippen LogP contribution in [0.4, 0.5) is 4.39 Å². The van der Waals surface area contributed by atoms with Gasteiger partial charge in [0.05, 0.1) is 13.2 Å². The van der Waals surface area contributed by atoms with E-state index >= 15 is 0 Å². The van der Waals surface area contributed by atoms with Crippen LogP contribution in [0.15, 0.2) is 0 Å². The minimum atomic E-state index is -1.44. The van der Waals surface area contributed by atoms with Crippen LogP contribution in [-0.2, 0) is 19.1 Å². The SMILES string of the molecule is CCOC(=O)C(C(=O)OCC)c1nc(F)n[nH]1. The number of aromatic amines is 1. The number of aromatic nitrogens is 3. The fraction of sp³-hybridized carbons (Fsp3) is 0.556. The van der Waals surface area contributed by atoms with Crippen LogP contribution in [0, 0.1) is 6.08 Å². The monoisotopic (exact) mass is 245 g/mol. The zero-order chi connectivity index (χ0) is 12.8. The van der Waals surface area contributed by atoms with E-state index < -0.39 is 23.9 Å². The van der Waals surface area contributed by atoms with Crippen molar-refractivity contribution in [2.45, 2.75) is 19.8 Å². The molecule has 0 aromatic carbocycles. The molecule has 0 saturated carbocycles. The number of hydrogen-bond acceptors (Lipinski definition) is 6. The highest BCUT2D eigenvalue weighted by molar-refractivity contribution is 5.99. The molecule has 7 nitrogen and oxygen atoms in total. The molecule has 0 atom stereocenters. The number of ether oxygens (including phenoxy) is 2. The molecule has 0 amide bonds. The number of rotatable bonds is 5. The highest BCUT2D eigenvalue weighted by Crippen LogP contribution is 2.15. The second-order valence-corrected chi connectivity index (χ2v) is 2.93. The molecular weight excluding hydrogens is 233 g/mol. The summed E-state index contributed by atoms with van der Waals surface area (Å²) in [6, 6.07) is 0. The predicted octanol–water partition coefficient (Wildman–Crippen LogP) is 0.154. The highest BCUT2D eigenvalue weighted by Gasteiger charge is 2.34. The largest absolute Gasteiger partial charge is 0.465 e. The van der Waals surface area contributed by atoms with Crippen molar-refractivity contribution in [2.75, 3.05) is 13.2 Å². The third kappa shape index (κ3) is 3.23. The second kappa shape index (κ2) is 5.92. The Morgan fingerprint density at radius 1 is 1.29 bits per heavy atom. The number of hydrogen-bond donors (Lipinski definition) is 1. The van der Waals surface area contributed by atoms with E-state index in [-0.39, 0.29) is 19.0 Å². The molecule has 1 rings (SSSR count). The van der Waals surface area contributed by atoms with Crippen LogP contribution in [0.2, 0.25) is 0 Å². The number of H-pyrrole nitrogens is 1. The molecule has 0 fully saturated rings. The van der Waals surface area contributed by atoms with E-state index in [1.807, 2.05) is 0 Å². The zero-order valence-corrected chi connectivity index (χ0v) is 9.40. The van der Waals surface area contributed by atoms with Crippen LogP contribution >= 0.6 is 0 Å². The van der Waals surface area contributed by atoms with Crippen molar-refractivity contribution in [1.29, 1.82) is 0 Å². The van der Waals surface area contributed by atoms with E-state index in [0.717, 1.165) is 0 Å². The first-order valence-electron chi connectivity index (χ1n) is 5.01. The molecule has 1 aromatic rings. The Bertz CT molecular complexity index is 389. The smallest absolute Gasteiger partial charge is 0.328 e. The molecule has 17 heavy (non-hydrogen) atoms. The number of nitrogens with zero attached hydrogens (tertiary/aromatic N) is 2. The van der Waals surface area contributed by atoms with Crippen LogP contribution in [0.25, 0.3) is 0 Å². The van der Waals surface area contributed by atoms with Gasteiger partial charge in [0.25, 0.3) is 0 Å². The molecule has 0 radical (unpaired) electrons. The van der Waals surface area contributed by atoms with Crippen LogP contribution in [-0.4, -0.2) is 40.3 Å². The van der Waals surface area contributed by atoms with E-state index in [4.69, 9.17) is 0 Å². The summed E-state index contributed by atoms with van der Waals surface area (Å²) in [5.41, 5.74) is 0. The van der Waals surface area contributed by atoms with Crippen molar-refractivity contribution in [3.63, 3.8) is 0 Å². The van der Waals surface area contributed by atoms with Gasteiger partial charge < -0.3 is 9.47 Å². The van der Waals surface area contributed by atoms with Gasteiger partial charge in [-0.25, -0.2) is 0 Å². The summed E-state index contributed by atoms with van der Waals surface area (Å²) in [5, 5.41) is 5.25. The van der Waals surface area contributed by atoms with Gasteiger partial charge in [0.1, 0.15) is 0 Å². The van der Waals surface area contributed by atoms with Gasteiger partial charge in [-0.05, 0) is 13.8 Å². The summed E-state index contributed by atoms with van der Waals surface area (Å²) >= 11 is 0. The topological polar surface area (TPSA) is 94.2 Å². The van der Waals surface area contributed by atoms with Crippen LogP contribution < -0.4 is 0 Å². The fourth-order valence-electron chi connectivity index (χ4n) is 1.15. The molecule has 0 unspecified atom stereocenters. The summed E-state index contributed by atoms with van der Waals surface area (Å²) < 4.78 is 22.0. The first kappa shape index (κ1) is 13.1. The van der Waals surface area contributed by atoms with E-state index in [0.29, 0.717) is 0 Å². The van der Waals surface area contributed by atoms with Crippen molar-refractivity contribution >= 4 is 11.9 Å². The molecule has 1 heterocycles. The first-order valence-corrected chi connectivity index (χ1v) is 5.01. The van der Waals surface area contributed by atoms with Gasteiger partial charge in [0.15, 0.2) is 5.82 Å². The van der Waals surface area contributed by atoms with E-state index in [1.165, 1.54) is 0 Å². The quantitative estimate of drug-likeness (QED) is 0.586. The maximum Gasteiger partial charge on any atom is 0.328 e. The molecule has 0 aliphatic carbocycles. The average Bonchev–Trinajstić information content (AvgIpc) is 2.66. The number of carbonyl (C=O) groups excluding carboxylic acids is 2. The molecule has 94 valence electrons. The molecule has 1 aromatic heterocycles. The highest BCUT2D eigenvalue weighted by atomic mass is 19.1. The van der Waals surface area contributed by atoms with Crippen molar-refractivity contribution < 1.29 is 23.5 Å². The molecule has 8 heteroatoms. The van der Waals surface area contributed by atoms with Gasteiger partial charge in [-0.1, -0.05) is 0 Å². The van der Waals surface area contributed by atoms with Crippen molar-refractivity contribution in [2.24, 2.45) is 0 Å². The fourth-order valence-corrected chi connectivity index (χ4v) is 1.15. The average molecular weight is 245 g/mol. The third-order valence-corrected chi connectivity index (χ3v) is 1.79. The number of carbonyl (C=O) groups is 2. The Labute approximate surface area is 96.3 Å². The molecule has 0 aliphatic rings. The van der Waals surface area contributed by atoms with Gasteiger partial charge >= 0.3 is 18.0 Å². The normalized spacial score (nSPS) is 10.4. The standard InChI is InChI=1S/C9H12FN3O4/c1-3-16-7(14)5(8(15)17-4-2)6-11-9(10)13-12-6/h5H,3-4H2,1-2H3,(H,11,12,13). The summed E-state index contributed by atoms with van der Waals surface area (Å²) in [7, 11) is 0. The maximum atomic E-state index is 12.6. The van der Waals surface area contributed by atoms with E-state index in [1.54, 1.807) is 13.8 Å². The minimum absolute atomic E-state index is 0.0886. The van der Waals surface area contributed by atoms with Gasteiger partial charge in [0.2, 0.25) is 5.92 Å². The first-order chi connectivity index (χ1) is 8.10. The summed E-state index contributed by atoms with van der Waals surface area (Å²) in [6.07, 6.45) is -1.06. The van der Waals surface area contributed by atoms with Gasteiger partial charge in [-0.15, -0.1) is 5.10 Å². The molecule has 1 N–H and O–H groups in total. The van der Waals surface area contributed by atoms with Gasteiger partial charge in [0, 0.05) is 0 Å². The van der Waals surface area contributed by atoms with E-state index in [9.17, 15) is 14.0 Å². The predicted molar refractivity (Wildman–Crippen MR) is 52.3 cm³/mol.